The predicted octanol–water partition coefficient (Wildman–Crippen LogP) is 1.31. The van der Waals surface area contributed by atoms with Crippen LogP contribution >= 0.6 is 11.6 Å². The number of rotatable bonds is 3. The Morgan fingerprint density at radius 3 is 2.55 bits per heavy atom. The Kier molecular flexibility index (Phi) is 4.62. The minimum Gasteiger partial charge on any atom is -0.469 e. The Labute approximate surface area is 122 Å². The van der Waals surface area contributed by atoms with Crippen molar-refractivity contribution in [3.05, 3.63) is 23.5 Å². The van der Waals surface area contributed by atoms with Gasteiger partial charge in [-0.3, -0.25) is 4.79 Å². The zero-order valence-electron chi connectivity index (χ0n) is 11.0. The van der Waals surface area contributed by atoms with Gasteiger partial charge in [0.1, 0.15) is 10.0 Å². The van der Waals surface area contributed by atoms with Gasteiger partial charge in [0.05, 0.1) is 13.0 Å². The van der Waals surface area contributed by atoms with Crippen molar-refractivity contribution in [3.8, 4) is 0 Å². The van der Waals surface area contributed by atoms with Crippen LogP contribution in [0.4, 0.5) is 0 Å². The highest BCUT2D eigenvalue weighted by molar-refractivity contribution is 7.89. The van der Waals surface area contributed by atoms with Crippen LogP contribution in [-0.2, 0) is 19.6 Å². The molecule has 0 N–H and O–H groups in total. The predicted molar refractivity (Wildman–Crippen MR) is 72.7 cm³/mol. The van der Waals surface area contributed by atoms with Crippen molar-refractivity contribution < 1.29 is 17.9 Å². The molecule has 0 bridgehead atoms. The number of piperidine rings is 1. The minimum atomic E-state index is -3.57. The maximum atomic E-state index is 12.4. The summed E-state index contributed by atoms with van der Waals surface area (Å²) in [6.45, 7) is 0.593. The molecule has 0 spiro atoms. The largest absolute Gasteiger partial charge is 0.469 e. The third kappa shape index (κ3) is 3.11. The number of carbonyl (C=O) groups is 1. The number of pyridine rings is 1. The number of hydrogen-bond acceptors (Lipinski definition) is 5. The molecule has 2 heterocycles. The Bertz CT molecular complexity index is 580. The van der Waals surface area contributed by atoms with Crippen LogP contribution < -0.4 is 0 Å². The van der Waals surface area contributed by atoms with Crippen LogP contribution in [0.2, 0.25) is 5.15 Å². The van der Waals surface area contributed by atoms with Crippen molar-refractivity contribution in [3.63, 3.8) is 0 Å². The van der Waals surface area contributed by atoms with E-state index in [4.69, 9.17) is 11.6 Å². The fourth-order valence-corrected chi connectivity index (χ4v) is 3.69. The van der Waals surface area contributed by atoms with E-state index in [2.05, 4.69) is 9.72 Å². The molecule has 0 amide bonds. The number of aromatic nitrogens is 1. The summed E-state index contributed by atoms with van der Waals surface area (Å²) in [6, 6.07) is 2.87. The lowest BCUT2D eigenvalue weighted by atomic mass is 9.99. The molecule has 8 heteroatoms. The van der Waals surface area contributed by atoms with Crippen LogP contribution in [0.5, 0.6) is 0 Å². The molecule has 0 aliphatic carbocycles. The van der Waals surface area contributed by atoms with E-state index in [1.54, 1.807) is 0 Å². The lowest BCUT2D eigenvalue weighted by Crippen LogP contribution is -2.40. The fourth-order valence-electron chi connectivity index (χ4n) is 2.16. The average Bonchev–Trinajstić information content (AvgIpc) is 2.47. The summed E-state index contributed by atoms with van der Waals surface area (Å²) in [7, 11) is -2.24. The quantitative estimate of drug-likeness (QED) is 0.620. The van der Waals surface area contributed by atoms with Crippen molar-refractivity contribution in [2.24, 2.45) is 5.92 Å². The number of carbonyl (C=O) groups excluding carboxylic acids is 1. The molecule has 0 aromatic carbocycles. The first-order valence-corrected chi connectivity index (χ1v) is 7.96. The van der Waals surface area contributed by atoms with E-state index >= 15 is 0 Å². The van der Waals surface area contributed by atoms with Gasteiger partial charge in [-0.05, 0) is 25.0 Å². The molecule has 20 heavy (non-hydrogen) atoms. The lowest BCUT2D eigenvalue weighted by Gasteiger charge is -2.29. The van der Waals surface area contributed by atoms with Gasteiger partial charge in [-0.1, -0.05) is 11.6 Å². The van der Waals surface area contributed by atoms with Gasteiger partial charge in [0.25, 0.3) is 0 Å². The molecule has 0 unspecified atom stereocenters. The summed E-state index contributed by atoms with van der Waals surface area (Å²) >= 11 is 5.65. The number of halogens is 1. The fraction of sp³-hybridized carbons (Fsp3) is 0.500. The van der Waals surface area contributed by atoms with Crippen LogP contribution in [0.15, 0.2) is 23.2 Å². The Balaban J connectivity index is 2.09. The average molecular weight is 319 g/mol. The first kappa shape index (κ1) is 15.2. The molecule has 0 saturated carbocycles. The van der Waals surface area contributed by atoms with E-state index in [1.807, 2.05) is 0 Å². The number of methoxy groups -OCH3 is 1. The maximum absolute atomic E-state index is 12.4. The molecule has 1 saturated heterocycles. The summed E-state index contributed by atoms with van der Waals surface area (Å²) in [5, 5.41) is 0.244. The molecule has 1 aliphatic rings. The Hall–Kier alpha value is -1.18. The molecular formula is C12H15ClN2O4S. The van der Waals surface area contributed by atoms with E-state index in [1.165, 1.54) is 29.7 Å². The van der Waals surface area contributed by atoms with Gasteiger partial charge in [-0.25, -0.2) is 13.4 Å². The number of ether oxygens (including phenoxy) is 1. The summed E-state index contributed by atoms with van der Waals surface area (Å²) < 4.78 is 30.8. The molecule has 1 aliphatic heterocycles. The summed E-state index contributed by atoms with van der Waals surface area (Å²) in [5.74, 6) is -0.509. The van der Waals surface area contributed by atoms with E-state index in [9.17, 15) is 13.2 Å². The van der Waals surface area contributed by atoms with Gasteiger partial charge in [-0.2, -0.15) is 4.31 Å². The Morgan fingerprint density at radius 2 is 2.05 bits per heavy atom. The monoisotopic (exact) mass is 318 g/mol. The maximum Gasteiger partial charge on any atom is 0.308 e. The highest BCUT2D eigenvalue weighted by Crippen LogP contribution is 2.24. The second-order valence-corrected chi connectivity index (χ2v) is 6.84. The van der Waals surface area contributed by atoms with Gasteiger partial charge in [0, 0.05) is 19.3 Å². The van der Waals surface area contributed by atoms with E-state index < -0.39 is 10.0 Å². The smallest absolute Gasteiger partial charge is 0.308 e. The molecule has 6 nitrogen and oxygen atoms in total. The van der Waals surface area contributed by atoms with E-state index in [0.29, 0.717) is 25.9 Å². The van der Waals surface area contributed by atoms with Gasteiger partial charge < -0.3 is 4.74 Å². The lowest BCUT2D eigenvalue weighted by molar-refractivity contribution is -0.146. The topological polar surface area (TPSA) is 76.6 Å². The number of hydrogen-bond donors (Lipinski definition) is 0. The number of esters is 1. The van der Waals surface area contributed by atoms with Gasteiger partial charge >= 0.3 is 5.97 Å². The van der Waals surface area contributed by atoms with Crippen molar-refractivity contribution >= 4 is 27.6 Å². The summed E-state index contributed by atoms with van der Waals surface area (Å²) in [4.78, 5) is 15.3. The molecule has 2 rings (SSSR count). The van der Waals surface area contributed by atoms with Crippen LogP contribution in [0.3, 0.4) is 0 Å². The van der Waals surface area contributed by atoms with Crippen LogP contribution in [0, 0.1) is 5.92 Å². The van der Waals surface area contributed by atoms with Gasteiger partial charge in [0.2, 0.25) is 10.0 Å². The van der Waals surface area contributed by atoms with Gasteiger partial charge in [-0.15, -0.1) is 0 Å². The molecule has 1 fully saturated rings. The Morgan fingerprint density at radius 1 is 1.40 bits per heavy atom. The second-order valence-electron chi connectivity index (χ2n) is 4.52. The SMILES string of the molecule is COC(=O)C1CCN(S(=O)(=O)c2ccc(Cl)nc2)CC1. The summed E-state index contributed by atoms with van der Waals surface area (Å²) in [6.07, 6.45) is 2.17. The van der Waals surface area contributed by atoms with Crippen LogP contribution in [0.1, 0.15) is 12.8 Å². The molecule has 1 aromatic heterocycles. The first-order valence-electron chi connectivity index (χ1n) is 6.14. The third-order valence-corrected chi connectivity index (χ3v) is 5.43. The second kappa shape index (κ2) is 6.07. The third-order valence-electron chi connectivity index (χ3n) is 3.33. The molecule has 0 radical (unpaired) electrons. The van der Waals surface area contributed by atoms with Crippen LogP contribution in [-0.4, -0.2) is 43.9 Å². The zero-order valence-corrected chi connectivity index (χ0v) is 12.5. The van der Waals surface area contributed by atoms with Crippen molar-refractivity contribution in [1.29, 1.82) is 0 Å². The normalized spacial score (nSPS) is 17.9. The molecule has 110 valence electrons. The van der Waals surface area contributed by atoms with E-state index in [0.717, 1.165) is 0 Å². The van der Waals surface area contributed by atoms with E-state index in [-0.39, 0.29) is 21.9 Å². The van der Waals surface area contributed by atoms with Crippen molar-refractivity contribution in [1.82, 2.24) is 9.29 Å². The highest BCUT2D eigenvalue weighted by Gasteiger charge is 2.32. The number of sulfonamides is 1. The molecular weight excluding hydrogens is 304 g/mol. The van der Waals surface area contributed by atoms with Crippen molar-refractivity contribution in [2.75, 3.05) is 20.2 Å². The van der Waals surface area contributed by atoms with Gasteiger partial charge in [0.15, 0.2) is 0 Å². The standard InChI is InChI=1S/C12H15ClN2O4S/c1-19-12(16)9-4-6-15(7-5-9)20(17,18)10-2-3-11(13)14-8-10/h2-3,8-9H,4-7H2,1H3. The zero-order chi connectivity index (χ0) is 14.8. The number of nitrogens with zero attached hydrogens (tertiary/aromatic N) is 2. The van der Waals surface area contributed by atoms with Crippen LogP contribution in [0.25, 0.3) is 0 Å². The first-order chi connectivity index (χ1) is 9.45. The van der Waals surface area contributed by atoms with Crippen molar-refractivity contribution in [2.45, 2.75) is 17.7 Å². The minimum absolute atomic E-state index is 0.110. The highest BCUT2D eigenvalue weighted by atomic mass is 35.5. The molecule has 1 aromatic rings. The molecule has 0 atom stereocenters. The summed E-state index contributed by atoms with van der Waals surface area (Å²) in [5.41, 5.74) is 0.